The third-order valence-electron chi connectivity index (χ3n) is 2.06. The van der Waals surface area contributed by atoms with Crippen LogP contribution in [0.3, 0.4) is 0 Å². The molecule has 0 aromatic carbocycles. The highest BCUT2D eigenvalue weighted by Crippen LogP contribution is 2.22. The van der Waals surface area contributed by atoms with Gasteiger partial charge in [0.25, 0.3) is 0 Å². The molecule has 0 aliphatic rings. The Morgan fingerprint density at radius 1 is 1.50 bits per heavy atom. The number of hydrogen-bond acceptors (Lipinski definition) is 4. The van der Waals surface area contributed by atoms with Crippen molar-refractivity contribution in [3.63, 3.8) is 0 Å². The van der Waals surface area contributed by atoms with Gasteiger partial charge in [0.15, 0.2) is 0 Å². The third kappa shape index (κ3) is 2.98. The Labute approximate surface area is 102 Å². The molecule has 86 valence electrons. The Morgan fingerprint density at radius 2 is 2.38 bits per heavy atom. The molecular weight excluding hydrogens is 246 g/mol. The maximum atomic E-state index is 8.75. The molecule has 6 heteroatoms. The van der Waals surface area contributed by atoms with E-state index in [1.807, 2.05) is 18.3 Å². The van der Waals surface area contributed by atoms with Crippen LogP contribution in [0.4, 0.5) is 5.69 Å². The van der Waals surface area contributed by atoms with Crippen molar-refractivity contribution < 1.29 is 5.11 Å². The number of aliphatic hydroxyl groups excluding tert-OH is 1. The maximum absolute atomic E-state index is 8.75. The number of aliphatic hydroxyl groups is 1. The van der Waals surface area contributed by atoms with Crippen molar-refractivity contribution in [2.45, 2.75) is 13.1 Å². The molecule has 0 aliphatic carbocycles. The second-order valence-electron chi connectivity index (χ2n) is 3.28. The van der Waals surface area contributed by atoms with E-state index in [1.165, 1.54) is 4.88 Å². The molecule has 0 amide bonds. The monoisotopic (exact) mass is 257 g/mol. The van der Waals surface area contributed by atoms with Gasteiger partial charge < -0.3 is 10.4 Å². The minimum Gasteiger partial charge on any atom is -0.394 e. The summed E-state index contributed by atoms with van der Waals surface area (Å²) in [6.07, 6.45) is 3.61. The molecule has 0 atom stereocenters. The first-order valence-electron chi connectivity index (χ1n) is 4.89. The highest BCUT2D eigenvalue weighted by Gasteiger charge is 2.00. The number of hydrogen-bond donors (Lipinski definition) is 2. The first kappa shape index (κ1) is 11.4. The second kappa shape index (κ2) is 5.34. The third-order valence-corrected chi connectivity index (χ3v) is 3.29. The van der Waals surface area contributed by atoms with Crippen molar-refractivity contribution >= 4 is 28.6 Å². The quantitative estimate of drug-likeness (QED) is 0.864. The van der Waals surface area contributed by atoms with E-state index in [2.05, 4.69) is 10.4 Å². The maximum Gasteiger partial charge on any atom is 0.0931 e. The molecule has 16 heavy (non-hydrogen) atoms. The van der Waals surface area contributed by atoms with Crippen LogP contribution in [0.25, 0.3) is 0 Å². The number of aromatic nitrogens is 2. The van der Waals surface area contributed by atoms with E-state index < -0.39 is 0 Å². The zero-order valence-electron chi connectivity index (χ0n) is 8.56. The Hall–Kier alpha value is -1.04. The van der Waals surface area contributed by atoms with Crippen molar-refractivity contribution in [1.29, 1.82) is 0 Å². The van der Waals surface area contributed by atoms with E-state index >= 15 is 0 Å². The zero-order chi connectivity index (χ0) is 11.4. The van der Waals surface area contributed by atoms with Crippen molar-refractivity contribution in [3.05, 3.63) is 33.7 Å². The summed E-state index contributed by atoms with van der Waals surface area (Å²) in [6, 6.07) is 3.89. The fourth-order valence-corrected chi connectivity index (χ4v) is 2.34. The van der Waals surface area contributed by atoms with Gasteiger partial charge in [-0.3, -0.25) is 4.68 Å². The number of anilines is 1. The number of thiophene rings is 1. The predicted molar refractivity (Wildman–Crippen MR) is 66.0 cm³/mol. The molecule has 0 saturated heterocycles. The van der Waals surface area contributed by atoms with Crippen LogP contribution in [0.5, 0.6) is 0 Å². The topological polar surface area (TPSA) is 50.1 Å². The van der Waals surface area contributed by atoms with Crippen molar-refractivity contribution in [3.8, 4) is 0 Å². The van der Waals surface area contributed by atoms with Crippen LogP contribution >= 0.6 is 22.9 Å². The molecule has 4 nitrogen and oxygen atoms in total. The van der Waals surface area contributed by atoms with Crippen LogP contribution in [0.1, 0.15) is 4.88 Å². The first-order valence-corrected chi connectivity index (χ1v) is 6.09. The van der Waals surface area contributed by atoms with E-state index in [4.69, 9.17) is 16.7 Å². The smallest absolute Gasteiger partial charge is 0.0931 e. The average molecular weight is 258 g/mol. The summed E-state index contributed by atoms with van der Waals surface area (Å²) < 4.78 is 2.50. The molecule has 2 aromatic rings. The molecule has 0 saturated carbocycles. The van der Waals surface area contributed by atoms with Gasteiger partial charge >= 0.3 is 0 Å². The van der Waals surface area contributed by atoms with Crippen molar-refractivity contribution in [2.24, 2.45) is 0 Å². The van der Waals surface area contributed by atoms with Gasteiger partial charge in [-0.2, -0.15) is 5.10 Å². The van der Waals surface area contributed by atoms with Gasteiger partial charge in [-0.25, -0.2) is 0 Å². The standard InChI is InChI=1S/C10H12ClN3OS/c11-10-2-1-9(16-10)6-12-8-5-13-14(7-8)3-4-15/h1-2,5,7,12,15H,3-4,6H2. The molecule has 2 rings (SSSR count). The van der Waals surface area contributed by atoms with Gasteiger partial charge in [0.05, 0.1) is 29.4 Å². The summed E-state index contributed by atoms with van der Waals surface area (Å²) in [4.78, 5) is 1.18. The van der Waals surface area contributed by atoms with Gasteiger partial charge in [0.2, 0.25) is 0 Å². The summed E-state index contributed by atoms with van der Waals surface area (Å²) >= 11 is 7.39. The lowest BCUT2D eigenvalue weighted by molar-refractivity contribution is 0.269. The minimum atomic E-state index is 0.0989. The van der Waals surface area contributed by atoms with E-state index in [0.29, 0.717) is 6.54 Å². The lowest BCUT2D eigenvalue weighted by Crippen LogP contribution is -2.01. The molecule has 0 unspecified atom stereocenters. The van der Waals surface area contributed by atoms with Gasteiger partial charge in [-0.15, -0.1) is 11.3 Å². The van der Waals surface area contributed by atoms with Gasteiger partial charge in [0.1, 0.15) is 0 Å². The van der Waals surface area contributed by atoms with Crippen LogP contribution in [0, 0.1) is 0 Å². The number of rotatable bonds is 5. The summed E-state index contributed by atoms with van der Waals surface area (Å²) in [7, 11) is 0. The molecule has 0 aliphatic heterocycles. The largest absolute Gasteiger partial charge is 0.394 e. The molecule has 2 N–H and O–H groups in total. The van der Waals surface area contributed by atoms with Crippen molar-refractivity contribution in [1.82, 2.24) is 9.78 Å². The fourth-order valence-electron chi connectivity index (χ4n) is 1.32. The highest BCUT2D eigenvalue weighted by molar-refractivity contribution is 7.16. The molecule has 2 heterocycles. The summed E-state index contributed by atoms with van der Waals surface area (Å²) in [6.45, 7) is 1.36. The Kier molecular flexibility index (Phi) is 3.82. The van der Waals surface area contributed by atoms with Crippen molar-refractivity contribution in [2.75, 3.05) is 11.9 Å². The number of nitrogens with one attached hydrogen (secondary N) is 1. The zero-order valence-corrected chi connectivity index (χ0v) is 10.1. The molecule has 0 bridgehead atoms. The molecule has 0 radical (unpaired) electrons. The molecule has 0 spiro atoms. The Morgan fingerprint density at radius 3 is 3.06 bits per heavy atom. The van der Waals surface area contributed by atoms with E-state index in [9.17, 15) is 0 Å². The summed E-state index contributed by atoms with van der Waals surface area (Å²) in [5.41, 5.74) is 0.943. The van der Waals surface area contributed by atoms with Crippen LogP contribution in [0.2, 0.25) is 4.34 Å². The predicted octanol–water partition coefficient (Wildman–Crippen LogP) is 2.20. The van der Waals surface area contributed by atoms with E-state index in [1.54, 1.807) is 22.2 Å². The van der Waals surface area contributed by atoms with Crippen LogP contribution in [0.15, 0.2) is 24.5 Å². The lowest BCUT2D eigenvalue weighted by Gasteiger charge is -2.00. The number of nitrogens with zero attached hydrogens (tertiary/aromatic N) is 2. The van der Waals surface area contributed by atoms with E-state index in [-0.39, 0.29) is 6.61 Å². The summed E-state index contributed by atoms with van der Waals surface area (Å²) in [5.74, 6) is 0. The first-order chi connectivity index (χ1) is 7.78. The Bertz CT molecular complexity index is 454. The summed E-state index contributed by atoms with van der Waals surface area (Å²) in [5, 5.41) is 16.1. The second-order valence-corrected chi connectivity index (χ2v) is 5.07. The molecule has 0 fully saturated rings. The normalized spacial score (nSPS) is 10.6. The molecule has 2 aromatic heterocycles. The van der Waals surface area contributed by atoms with Gasteiger partial charge in [0, 0.05) is 17.6 Å². The molecular formula is C10H12ClN3OS. The van der Waals surface area contributed by atoms with Crippen LogP contribution in [-0.4, -0.2) is 21.5 Å². The van der Waals surface area contributed by atoms with E-state index in [0.717, 1.165) is 16.6 Å². The van der Waals surface area contributed by atoms with Gasteiger partial charge in [-0.05, 0) is 12.1 Å². The van der Waals surface area contributed by atoms with Crippen LogP contribution in [-0.2, 0) is 13.1 Å². The van der Waals surface area contributed by atoms with Crippen LogP contribution < -0.4 is 5.32 Å². The van der Waals surface area contributed by atoms with Gasteiger partial charge in [-0.1, -0.05) is 11.6 Å². The minimum absolute atomic E-state index is 0.0989. The average Bonchev–Trinajstić information content (AvgIpc) is 2.85. The lowest BCUT2D eigenvalue weighted by atomic mass is 10.4. The Balaban J connectivity index is 1.89. The number of halogens is 1. The fraction of sp³-hybridized carbons (Fsp3) is 0.300. The SMILES string of the molecule is OCCn1cc(NCc2ccc(Cl)s2)cn1. The highest BCUT2D eigenvalue weighted by atomic mass is 35.5.